The van der Waals surface area contributed by atoms with E-state index in [9.17, 15) is 13.2 Å². The van der Waals surface area contributed by atoms with Crippen molar-refractivity contribution in [3.63, 3.8) is 0 Å². The molecule has 0 spiro atoms. The highest BCUT2D eigenvalue weighted by Crippen LogP contribution is 2.30. The van der Waals surface area contributed by atoms with E-state index in [2.05, 4.69) is 10.0 Å². The second-order valence-electron chi connectivity index (χ2n) is 6.02. The molecule has 2 N–H and O–H groups in total. The van der Waals surface area contributed by atoms with Crippen LogP contribution in [0.1, 0.15) is 47.0 Å². The van der Waals surface area contributed by atoms with E-state index in [1.54, 1.807) is 32.0 Å². The van der Waals surface area contributed by atoms with Crippen molar-refractivity contribution in [1.29, 1.82) is 0 Å². The van der Waals surface area contributed by atoms with E-state index >= 15 is 0 Å². The van der Waals surface area contributed by atoms with E-state index in [1.807, 2.05) is 13.8 Å². The van der Waals surface area contributed by atoms with E-state index in [0.29, 0.717) is 56.2 Å². The Morgan fingerprint density at radius 3 is 2.35 bits per heavy atom. The average molecular weight is 387 g/mol. The standard InChI is InChI=1S/C18H30N2O5S/c1-5-24-16-11-10-15(13-17(16)25-6-2)20-18(21)9-7-8-12-19-26(22,23)14(3)4/h10-11,13-14,19H,5-9,12H2,1-4H3,(H,20,21). The first-order chi connectivity index (χ1) is 12.3. The van der Waals surface area contributed by atoms with Gasteiger partial charge in [-0.15, -0.1) is 0 Å². The molecule has 0 aliphatic heterocycles. The van der Waals surface area contributed by atoms with Crippen molar-refractivity contribution in [3.05, 3.63) is 18.2 Å². The number of rotatable bonds is 12. The van der Waals surface area contributed by atoms with Crippen LogP contribution in [0.25, 0.3) is 0 Å². The highest BCUT2D eigenvalue weighted by molar-refractivity contribution is 7.90. The van der Waals surface area contributed by atoms with Gasteiger partial charge in [0.15, 0.2) is 11.5 Å². The van der Waals surface area contributed by atoms with Crippen molar-refractivity contribution in [2.75, 3.05) is 25.1 Å². The Kier molecular flexibility index (Phi) is 9.43. The van der Waals surface area contributed by atoms with Crippen LogP contribution in [-0.2, 0) is 14.8 Å². The Bertz CT molecular complexity index is 674. The van der Waals surface area contributed by atoms with Gasteiger partial charge < -0.3 is 14.8 Å². The molecule has 0 saturated carbocycles. The third-order valence-electron chi connectivity index (χ3n) is 3.58. The summed E-state index contributed by atoms with van der Waals surface area (Å²) in [5.41, 5.74) is 0.641. The van der Waals surface area contributed by atoms with Gasteiger partial charge in [-0.3, -0.25) is 4.79 Å². The lowest BCUT2D eigenvalue weighted by atomic mass is 10.2. The van der Waals surface area contributed by atoms with Crippen molar-refractivity contribution in [3.8, 4) is 11.5 Å². The van der Waals surface area contributed by atoms with Gasteiger partial charge in [-0.05, 0) is 52.7 Å². The summed E-state index contributed by atoms with van der Waals surface area (Å²) < 4.78 is 36.8. The molecule has 0 atom stereocenters. The van der Waals surface area contributed by atoms with Crippen LogP contribution in [0.3, 0.4) is 0 Å². The van der Waals surface area contributed by atoms with Crippen LogP contribution >= 0.6 is 0 Å². The number of anilines is 1. The van der Waals surface area contributed by atoms with Gasteiger partial charge in [0.1, 0.15) is 0 Å². The van der Waals surface area contributed by atoms with Gasteiger partial charge in [-0.25, -0.2) is 13.1 Å². The normalized spacial score (nSPS) is 11.4. The fraction of sp³-hybridized carbons (Fsp3) is 0.611. The fourth-order valence-electron chi connectivity index (χ4n) is 2.14. The predicted octanol–water partition coefficient (Wildman–Crippen LogP) is 2.92. The molecule has 0 saturated heterocycles. The lowest BCUT2D eigenvalue weighted by Gasteiger charge is -2.13. The molecular weight excluding hydrogens is 356 g/mol. The summed E-state index contributed by atoms with van der Waals surface area (Å²) in [5.74, 6) is 1.11. The van der Waals surface area contributed by atoms with Gasteiger partial charge in [0, 0.05) is 24.7 Å². The van der Waals surface area contributed by atoms with E-state index < -0.39 is 15.3 Å². The highest BCUT2D eigenvalue weighted by Gasteiger charge is 2.14. The molecule has 0 aromatic heterocycles. The maximum absolute atomic E-state index is 12.0. The van der Waals surface area contributed by atoms with Gasteiger partial charge in [0.05, 0.1) is 18.5 Å². The minimum absolute atomic E-state index is 0.122. The van der Waals surface area contributed by atoms with Gasteiger partial charge in [0.2, 0.25) is 15.9 Å². The number of hydrogen-bond acceptors (Lipinski definition) is 5. The minimum Gasteiger partial charge on any atom is -0.490 e. The number of benzene rings is 1. The van der Waals surface area contributed by atoms with Crippen LogP contribution in [0.2, 0.25) is 0 Å². The molecule has 0 heterocycles. The van der Waals surface area contributed by atoms with E-state index in [-0.39, 0.29) is 5.91 Å². The van der Waals surface area contributed by atoms with Crippen LogP contribution in [0, 0.1) is 0 Å². The summed E-state index contributed by atoms with van der Waals surface area (Å²) in [6.07, 6.45) is 1.52. The maximum Gasteiger partial charge on any atom is 0.224 e. The van der Waals surface area contributed by atoms with Gasteiger partial charge in [-0.1, -0.05) is 0 Å². The summed E-state index contributed by atoms with van der Waals surface area (Å²) in [7, 11) is -3.24. The molecule has 0 aliphatic rings. The molecule has 7 nitrogen and oxygen atoms in total. The minimum atomic E-state index is -3.24. The second kappa shape index (κ2) is 11.0. The molecule has 0 radical (unpaired) electrons. The topological polar surface area (TPSA) is 93.7 Å². The van der Waals surface area contributed by atoms with E-state index in [4.69, 9.17) is 9.47 Å². The van der Waals surface area contributed by atoms with E-state index in [0.717, 1.165) is 0 Å². The lowest BCUT2D eigenvalue weighted by Crippen LogP contribution is -2.31. The predicted molar refractivity (Wildman–Crippen MR) is 103 cm³/mol. The quantitative estimate of drug-likeness (QED) is 0.539. The zero-order chi connectivity index (χ0) is 19.6. The van der Waals surface area contributed by atoms with Crippen LogP contribution in [-0.4, -0.2) is 39.3 Å². The molecule has 1 amide bonds. The first kappa shape index (κ1) is 22.2. The number of unbranched alkanes of at least 4 members (excludes halogenated alkanes) is 1. The molecule has 148 valence electrons. The zero-order valence-electron chi connectivity index (χ0n) is 16.0. The second-order valence-corrected chi connectivity index (χ2v) is 8.34. The SMILES string of the molecule is CCOc1ccc(NC(=O)CCCCNS(=O)(=O)C(C)C)cc1OCC. The molecule has 1 aromatic rings. The molecule has 8 heteroatoms. The molecule has 0 bridgehead atoms. The third kappa shape index (κ3) is 7.61. The van der Waals surface area contributed by atoms with Gasteiger partial charge in [0.25, 0.3) is 0 Å². The molecule has 1 aromatic carbocycles. The lowest BCUT2D eigenvalue weighted by molar-refractivity contribution is -0.116. The monoisotopic (exact) mass is 386 g/mol. The summed E-state index contributed by atoms with van der Waals surface area (Å²) in [4.78, 5) is 12.0. The number of carbonyl (C=O) groups is 1. The maximum atomic E-state index is 12.0. The van der Waals surface area contributed by atoms with Crippen molar-refractivity contribution in [1.82, 2.24) is 4.72 Å². The zero-order valence-corrected chi connectivity index (χ0v) is 16.8. The Labute approximate surface area is 156 Å². The highest BCUT2D eigenvalue weighted by atomic mass is 32.2. The number of carbonyl (C=O) groups excluding carboxylic acids is 1. The van der Waals surface area contributed by atoms with Crippen molar-refractivity contribution in [2.45, 2.75) is 52.2 Å². The summed E-state index contributed by atoms with van der Waals surface area (Å²) >= 11 is 0. The first-order valence-corrected chi connectivity index (χ1v) is 10.5. The Balaban J connectivity index is 2.44. The Morgan fingerprint density at radius 2 is 1.73 bits per heavy atom. The molecule has 0 fully saturated rings. The van der Waals surface area contributed by atoms with Crippen LogP contribution in [0.5, 0.6) is 11.5 Å². The molecule has 26 heavy (non-hydrogen) atoms. The van der Waals surface area contributed by atoms with Crippen molar-refractivity contribution < 1.29 is 22.7 Å². The smallest absolute Gasteiger partial charge is 0.224 e. The van der Waals surface area contributed by atoms with Crippen molar-refractivity contribution >= 4 is 21.6 Å². The van der Waals surface area contributed by atoms with Gasteiger partial charge in [-0.2, -0.15) is 0 Å². The van der Waals surface area contributed by atoms with Crippen LogP contribution in [0.15, 0.2) is 18.2 Å². The Morgan fingerprint density at radius 1 is 1.08 bits per heavy atom. The number of ether oxygens (including phenoxy) is 2. The average Bonchev–Trinajstić information content (AvgIpc) is 2.57. The number of nitrogens with one attached hydrogen (secondary N) is 2. The number of hydrogen-bond donors (Lipinski definition) is 2. The van der Waals surface area contributed by atoms with Crippen LogP contribution in [0.4, 0.5) is 5.69 Å². The van der Waals surface area contributed by atoms with Gasteiger partial charge >= 0.3 is 0 Å². The van der Waals surface area contributed by atoms with E-state index in [1.165, 1.54) is 0 Å². The summed E-state index contributed by atoms with van der Waals surface area (Å²) in [6.45, 7) is 8.41. The van der Waals surface area contributed by atoms with Crippen molar-refractivity contribution in [2.24, 2.45) is 0 Å². The molecular formula is C18H30N2O5S. The third-order valence-corrected chi connectivity index (χ3v) is 5.43. The first-order valence-electron chi connectivity index (χ1n) is 8.98. The fourth-order valence-corrected chi connectivity index (χ4v) is 2.91. The number of sulfonamides is 1. The summed E-state index contributed by atoms with van der Waals surface area (Å²) in [6, 6.07) is 5.27. The largest absolute Gasteiger partial charge is 0.490 e. The van der Waals surface area contributed by atoms with Crippen LogP contribution < -0.4 is 19.5 Å². The number of amides is 1. The Hall–Kier alpha value is -1.80. The molecule has 0 aliphatic carbocycles. The molecule has 1 rings (SSSR count). The summed E-state index contributed by atoms with van der Waals surface area (Å²) in [5, 5.41) is 2.37. The molecule has 0 unspecified atom stereocenters.